The van der Waals surface area contributed by atoms with Crippen LogP contribution in [-0.2, 0) is 16.1 Å². The normalized spacial score (nSPS) is 19.4. The molecule has 32 heavy (non-hydrogen) atoms. The molecule has 1 atom stereocenters. The highest BCUT2D eigenvalue weighted by Crippen LogP contribution is 2.42. The number of aryl methyl sites for hydroxylation is 1. The highest BCUT2D eigenvalue weighted by Gasteiger charge is 2.47. The summed E-state index contributed by atoms with van der Waals surface area (Å²) in [6, 6.07) is 11.0. The van der Waals surface area contributed by atoms with Crippen molar-refractivity contribution in [3.05, 3.63) is 83.1 Å². The molecule has 0 aliphatic carbocycles. The predicted molar refractivity (Wildman–Crippen MR) is 113 cm³/mol. The lowest BCUT2D eigenvalue weighted by Gasteiger charge is -2.23. The zero-order valence-corrected chi connectivity index (χ0v) is 17.3. The van der Waals surface area contributed by atoms with Gasteiger partial charge in [0.2, 0.25) is 0 Å². The number of ketones is 1. The fourth-order valence-electron chi connectivity index (χ4n) is 3.97. The van der Waals surface area contributed by atoms with Gasteiger partial charge in [-0.25, -0.2) is 0 Å². The Bertz CT molecular complexity index is 1230. The number of amides is 1. The quantitative estimate of drug-likeness (QED) is 0.383. The number of aliphatic hydroxyl groups is 1. The van der Waals surface area contributed by atoms with E-state index in [0.29, 0.717) is 41.8 Å². The van der Waals surface area contributed by atoms with Gasteiger partial charge in [0.05, 0.1) is 5.57 Å². The van der Waals surface area contributed by atoms with E-state index in [9.17, 15) is 14.7 Å². The Morgan fingerprint density at radius 3 is 2.53 bits per heavy atom. The standard InChI is InChI=1S/C24H20N2O6/c1-14-2-4-18(32-14)21-20(22(27)16-3-5-17-19(12-16)31-11-10-30-17)23(28)24(29)26(21)13-15-6-8-25-9-7-15/h2-9,12,21,27H,10-11,13H2,1H3. The molecule has 1 saturated heterocycles. The number of rotatable bonds is 4. The van der Waals surface area contributed by atoms with E-state index in [0.717, 1.165) is 5.56 Å². The largest absolute Gasteiger partial charge is 0.507 e. The van der Waals surface area contributed by atoms with Gasteiger partial charge in [-0.05, 0) is 55.0 Å². The van der Waals surface area contributed by atoms with E-state index in [1.807, 2.05) is 0 Å². The third-order valence-electron chi connectivity index (χ3n) is 5.49. The summed E-state index contributed by atoms with van der Waals surface area (Å²) in [6.07, 6.45) is 3.24. The minimum absolute atomic E-state index is 0.0323. The second kappa shape index (κ2) is 7.88. The van der Waals surface area contributed by atoms with Crippen LogP contribution in [0.4, 0.5) is 0 Å². The van der Waals surface area contributed by atoms with Crippen molar-refractivity contribution in [1.29, 1.82) is 0 Å². The maximum atomic E-state index is 13.1. The average Bonchev–Trinajstić information content (AvgIpc) is 3.35. The molecule has 0 saturated carbocycles. The number of pyridine rings is 1. The number of hydrogen-bond acceptors (Lipinski definition) is 7. The molecule has 2 aliphatic rings. The van der Waals surface area contributed by atoms with Gasteiger partial charge in [-0.1, -0.05) is 0 Å². The molecule has 1 fully saturated rings. The second-order valence-electron chi connectivity index (χ2n) is 7.59. The molecule has 0 radical (unpaired) electrons. The van der Waals surface area contributed by atoms with Crippen LogP contribution in [0.25, 0.3) is 5.76 Å². The lowest BCUT2D eigenvalue weighted by atomic mass is 9.99. The monoisotopic (exact) mass is 432 g/mol. The number of aliphatic hydroxyl groups excluding tert-OH is 1. The molecule has 0 bridgehead atoms. The van der Waals surface area contributed by atoms with Crippen LogP contribution in [0.3, 0.4) is 0 Å². The summed E-state index contributed by atoms with van der Waals surface area (Å²) in [5.41, 5.74) is 1.12. The lowest BCUT2D eigenvalue weighted by Crippen LogP contribution is -2.29. The highest BCUT2D eigenvalue weighted by molar-refractivity contribution is 6.46. The molecule has 162 valence electrons. The van der Waals surface area contributed by atoms with E-state index >= 15 is 0 Å². The number of carbonyl (C=O) groups excluding carboxylic acids is 2. The van der Waals surface area contributed by atoms with Crippen molar-refractivity contribution in [3.8, 4) is 11.5 Å². The Labute approximate surface area is 183 Å². The predicted octanol–water partition coefficient (Wildman–Crippen LogP) is 3.38. The van der Waals surface area contributed by atoms with Gasteiger partial charge in [0.15, 0.2) is 11.5 Å². The number of furan rings is 1. The van der Waals surface area contributed by atoms with Gasteiger partial charge in [-0.2, -0.15) is 0 Å². The van der Waals surface area contributed by atoms with Crippen LogP contribution < -0.4 is 9.47 Å². The topological polar surface area (TPSA) is 102 Å². The van der Waals surface area contributed by atoms with E-state index in [4.69, 9.17) is 13.9 Å². The number of Topliss-reactive ketones (excluding diaryl/α,β-unsaturated/α-hetero) is 1. The number of hydrogen-bond donors (Lipinski definition) is 1. The van der Waals surface area contributed by atoms with Gasteiger partial charge >= 0.3 is 0 Å². The first-order valence-corrected chi connectivity index (χ1v) is 10.2. The van der Waals surface area contributed by atoms with Crippen LogP contribution in [0.1, 0.15) is 28.7 Å². The third kappa shape index (κ3) is 3.39. The second-order valence-corrected chi connectivity index (χ2v) is 7.59. The van der Waals surface area contributed by atoms with Crippen molar-refractivity contribution in [2.75, 3.05) is 13.2 Å². The van der Waals surface area contributed by atoms with E-state index in [2.05, 4.69) is 4.98 Å². The number of aromatic nitrogens is 1. The lowest BCUT2D eigenvalue weighted by molar-refractivity contribution is -0.140. The first-order valence-electron chi connectivity index (χ1n) is 10.2. The zero-order chi connectivity index (χ0) is 22.2. The summed E-state index contributed by atoms with van der Waals surface area (Å²) >= 11 is 0. The van der Waals surface area contributed by atoms with Crippen LogP contribution in [0.15, 0.2) is 64.8 Å². The van der Waals surface area contributed by atoms with Crippen molar-refractivity contribution < 1.29 is 28.6 Å². The maximum Gasteiger partial charge on any atom is 0.296 e. The molecule has 8 nitrogen and oxygen atoms in total. The molecule has 5 rings (SSSR count). The van der Waals surface area contributed by atoms with Crippen LogP contribution in [0.5, 0.6) is 11.5 Å². The highest BCUT2D eigenvalue weighted by atomic mass is 16.6. The molecule has 2 aromatic heterocycles. The Hall–Kier alpha value is -4.07. The minimum Gasteiger partial charge on any atom is -0.507 e. The summed E-state index contributed by atoms with van der Waals surface area (Å²) in [5, 5.41) is 11.2. The van der Waals surface area contributed by atoms with Crippen molar-refractivity contribution in [2.24, 2.45) is 0 Å². The average molecular weight is 432 g/mol. The zero-order valence-electron chi connectivity index (χ0n) is 17.3. The van der Waals surface area contributed by atoms with Crippen molar-refractivity contribution in [1.82, 2.24) is 9.88 Å². The van der Waals surface area contributed by atoms with E-state index < -0.39 is 17.7 Å². The van der Waals surface area contributed by atoms with Gasteiger partial charge < -0.3 is 23.9 Å². The smallest absolute Gasteiger partial charge is 0.296 e. The summed E-state index contributed by atoms with van der Waals surface area (Å²) in [5.74, 6) is 0.284. The van der Waals surface area contributed by atoms with Crippen LogP contribution in [0.2, 0.25) is 0 Å². The molecular formula is C24H20N2O6. The van der Waals surface area contributed by atoms with Crippen LogP contribution in [0, 0.1) is 6.92 Å². The van der Waals surface area contributed by atoms with E-state index in [1.165, 1.54) is 4.90 Å². The van der Waals surface area contributed by atoms with Gasteiger partial charge in [0.25, 0.3) is 11.7 Å². The molecule has 2 aliphatic heterocycles. The first-order chi connectivity index (χ1) is 15.5. The van der Waals surface area contributed by atoms with Gasteiger partial charge in [0.1, 0.15) is 36.5 Å². The number of fused-ring (bicyclic) bond motifs is 1. The third-order valence-corrected chi connectivity index (χ3v) is 5.49. The maximum absolute atomic E-state index is 13.1. The Kier molecular flexibility index (Phi) is 4.89. The Balaban J connectivity index is 1.62. The molecule has 1 aromatic carbocycles. The molecule has 3 aromatic rings. The molecule has 4 heterocycles. The van der Waals surface area contributed by atoms with Crippen LogP contribution >= 0.6 is 0 Å². The molecule has 1 amide bonds. The van der Waals surface area contributed by atoms with Crippen molar-refractivity contribution >= 4 is 17.4 Å². The Morgan fingerprint density at radius 1 is 1.06 bits per heavy atom. The van der Waals surface area contributed by atoms with Crippen molar-refractivity contribution in [3.63, 3.8) is 0 Å². The number of nitrogens with zero attached hydrogens (tertiary/aromatic N) is 2. The van der Waals surface area contributed by atoms with Crippen molar-refractivity contribution in [2.45, 2.75) is 19.5 Å². The number of benzene rings is 1. The molecule has 1 unspecified atom stereocenters. The van der Waals surface area contributed by atoms with Gasteiger partial charge in [0, 0.05) is 24.5 Å². The van der Waals surface area contributed by atoms with E-state index in [-0.39, 0.29) is 17.9 Å². The number of ether oxygens (including phenoxy) is 2. The first kappa shape index (κ1) is 19.9. The summed E-state index contributed by atoms with van der Waals surface area (Å²) in [4.78, 5) is 31.5. The number of carbonyl (C=O) groups is 2. The van der Waals surface area contributed by atoms with Crippen LogP contribution in [-0.4, -0.2) is 39.9 Å². The molecular weight excluding hydrogens is 412 g/mol. The van der Waals surface area contributed by atoms with Gasteiger partial charge in [-0.3, -0.25) is 14.6 Å². The number of likely N-dealkylation sites (tertiary alicyclic amines) is 1. The summed E-state index contributed by atoms with van der Waals surface area (Å²) in [7, 11) is 0. The summed E-state index contributed by atoms with van der Waals surface area (Å²) in [6.45, 7) is 2.77. The molecule has 8 heteroatoms. The minimum atomic E-state index is -0.870. The fourth-order valence-corrected chi connectivity index (χ4v) is 3.97. The van der Waals surface area contributed by atoms with E-state index in [1.54, 1.807) is 61.8 Å². The molecule has 1 N–H and O–H groups in total. The fraction of sp³-hybridized carbons (Fsp3) is 0.208. The van der Waals surface area contributed by atoms with Gasteiger partial charge in [-0.15, -0.1) is 0 Å². The SMILES string of the molecule is Cc1ccc(C2C(=C(O)c3ccc4c(c3)OCCO4)C(=O)C(=O)N2Cc2ccncc2)o1. The Morgan fingerprint density at radius 2 is 1.81 bits per heavy atom. The molecule has 0 spiro atoms. The summed E-state index contributed by atoms with van der Waals surface area (Å²) < 4.78 is 16.9.